The number of methoxy groups -OCH3 is 1. The van der Waals surface area contributed by atoms with Crippen LogP contribution in [0.1, 0.15) is 50.9 Å². The number of aldehydes is 1. The highest BCUT2D eigenvalue weighted by Crippen LogP contribution is 2.39. The number of nitrogens with zero attached hydrogens (tertiary/aromatic N) is 3. The molecule has 24 heavy (non-hydrogen) atoms. The Morgan fingerprint density at radius 1 is 1.33 bits per heavy atom. The predicted octanol–water partition coefficient (Wildman–Crippen LogP) is 2.66. The second-order valence-corrected chi connectivity index (χ2v) is 6.13. The normalized spacial score (nSPS) is 14.0. The van der Waals surface area contributed by atoms with Crippen molar-refractivity contribution in [3.8, 4) is 0 Å². The van der Waals surface area contributed by atoms with Gasteiger partial charge in [0.2, 0.25) is 0 Å². The van der Waals surface area contributed by atoms with Gasteiger partial charge in [0.05, 0.1) is 19.3 Å². The Balaban J connectivity index is 1.67. The van der Waals surface area contributed by atoms with Gasteiger partial charge < -0.3 is 13.7 Å². The van der Waals surface area contributed by atoms with E-state index in [2.05, 4.69) is 17.2 Å². The second kappa shape index (κ2) is 5.63. The summed E-state index contributed by atoms with van der Waals surface area (Å²) < 4.78 is 8.49. The van der Waals surface area contributed by atoms with Crippen LogP contribution in [0, 0.1) is 0 Å². The number of carbonyl (C=O) groups is 2. The summed E-state index contributed by atoms with van der Waals surface area (Å²) in [5.41, 5.74) is 3.81. The third-order valence-electron chi connectivity index (χ3n) is 4.35. The van der Waals surface area contributed by atoms with Crippen LogP contribution in [0.3, 0.4) is 0 Å². The summed E-state index contributed by atoms with van der Waals surface area (Å²) in [5, 5.41) is 0. The topological polar surface area (TPSA) is 65.6 Å². The fourth-order valence-corrected chi connectivity index (χ4v) is 2.97. The van der Waals surface area contributed by atoms with Crippen molar-refractivity contribution >= 4 is 17.9 Å². The quantitative estimate of drug-likeness (QED) is 0.535. The lowest BCUT2D eigenvalue weighted by Crippen LogP contribution is -2.10. The van der Waals surface area contributed by atoms with E-state index in [-0.39, 0.29) is 0 Å². The van der Waals surface area contributed by atoms with Crippen LogP contribution < -0.4 is 0 Å². The Labute approximate surface area is 138 Å². The Hall–Kier alpha value is -2.89. The Morgan fingerprint density at radius 3 is 2.88 bits per heavy atom. The van der Waals surface area contributed by atoms with Crippen LogP contribution in [0.15, 0.2) is 36.8 Å². The first-order valence-corrected chi connectivity index (χ1v) is 7.89. The van der Waals surface area contributed by atoms with Crippen molar-refractivity contribution in [2.75, 3.05) is 7.11 Å². The van der Waals surface area contributed by atoms with E-state index in [0.29, 0.717) is 30.0 Å². The summed E-state index contributed by atoms with van der Waals surface area (Å²) in [7, 11) is 1.32. The number of imidazole rings is 1. The van der Waals surface area contributed by atoms with Crippen LogP contribution in [0.4, 0.5) is 0 Å². The van der Waals surface area contributed by atoms with Gasteiger partial charge in [-0.3, -0.25) is 4.79 Å². The molecule has 1 aliphatic rings. The molecular weight excluding hydrogens is 306 g/mol. The highest BCUT2D eigenvalue weighted by Gasteiger charge is 2.23. The number of esters is 1. The van der Waals surface area contributed by atoms with Crippen molar-refractivity contribution in [1.29, 1.82) is 0 Å². The smallest absolute Gasteiger partial charge is 0.354 e. The molecule has 0 radical (unpaired) electrons. The summed E-state index contributed by atoms with van der Waals surface area (Å²) in [4.78, 5) is 27.5. The number of aromatic nitrogens is 3. The molecule has 0 unspecified atom stereocenters. The maximum Gasteiger partial charge on any atom is 0.354 e. The summed E-state index contributed by atoms with van der Waals surface area (Å²) in [6.45, 7) is 0.402. The third-order valence-corrected chi connectivity index (χ3v) is 4.35. The van der Waals surface area contributed by atoms with Crippen LogP contribution >= 0.6 is 0 Å². The molecule has 3 aromatic rings. The summed E-state index contributed by atoms with van der Waals surface area (Å²) >= 11 is 0. The van der Waals surface area contributed by atoms with E-state index in [1.165, 1.54) is 31.6 Å². The highest BCUT2D eigenvalue weighted by atomic mass is 16.5. The first-order chi connectivity index (χ1) is 11.7. The molecule has 0 saturated heterocycles. The fourth-order valence-electron chi connectivity index (χ4n) is 2.97. The molecule has 0 spiro atoms. The van der Waals surface area contributed by atoms with Gasteiger partial charge >= 0.3 is 5.97 Å². The van der Waals surface area contributed by atoms with Crippen LogP contribution in [0.2, 0.25) is 0 Å². The molecule has 0 atom stereocenters. The number of pyridine rings is 1. The van der Waals surface area contributed by atoms with Gasteiger partial charge in [-0.2, -0.15) is 0 Å². The highest BCUT2D eigenvalue weighted by molar-refractivity contribution is 5.90. The van der Waals surface area contributed by atoms with Crippen LogP contribution in [-0.2, 0) is 11.3 Å². The molecule has 3 heterocycles. The van der Waals surface area contributed by atoms with E-state index >= 15 is 0 Å². The molecule has 0 aromatic carbocycles. The number of hydrogen-bond donors (Lipinski definition) is 0. The number of fused-ring (bicyclic) bond motifs is 1. The van der Waals surface area contributed by atoms with Crippen LogP contribution in [0.25, 0.3) is 5.65 Å². The molecule has 4 rings (SSSR count). The number of carbonyl (C=O) groups excluding carboxylic acids is 2. The summed E-state index contributed by atoms with van der Waals surface area (Å²) in [6, 6.07) is 5.68. The van der Waals surface area contributed by atoms with Gasteiger partial charge in [-0.15, -0.1) is 0 Å². The number of hydrogen-bond acceptors (Lipinski definition) is 4. The van der Waals surface area contributed by atoms with E-state index in [1.807, 2.05) is 16.7 Å². The molecule has 0 bridgehead atoms. The molecule has 6 heteroatoms. The standard InChI is InChI=1S/C18H17N3O3/c1-24-18(23)16-6-12(11-22)7-20(16)9-15-10-21-8-14(13-2-3-13)4-5-17(21)19-15/h4-8,10-11,13H,2-3,9H2,1H3. The average Bonchev–Trinajstić information content (AvgIpc) is 3.25. The van der Waals surface area contributed by atoms with Gasteiger partial charge in [0, 0.05) is 24.2 Å². The van der Waals surface area contributed by atoms with E-state index < -0.39 is 5.97 Å². The van der Waals surface area contributed by atoms with Crippen molar-refractivity contribution in [3.63, 3.8) is 0 Å². The van der Waals surface area contributed by atoms with Crippen molar-refractivity contribution in [2.24, 2.45) is 0 Å². The zero-order valence-electron chi connectivity index (χ0n) is 13.3. The zero-order valence-corrected chi connectivity index (χ0v) is 13.3. The monoisotopic (exact) mass is 323 g/mol. The van der Waals surface area contributed by atoms with Crippen molar-refractivity contribution in [1.82, 2.24) is 14.0 Å². The van der Waals surface area contributed by atoms with Crippen LogP contribution in [0.5, 0.6) is 0 Å². The maximum atomic E-state index is 11.9. The van der Waals surface area contributed by atoms with Gasteiger partial charge in [-0.1, -0.05) is 6.07 Å². The largest absolute Gasteiger partial charge is 0.464 e. The Kier molecular flexibility index (Phi) is 3.45. The van der Waals surface area contributed by atoms with Crippen molar-refractivity contribution in [2.45, 2.75) is 25.3 Å². The summed E-state index contributed by atoms with van der Waals surface area (Å²) in [6.07, 6.45) is 8.95. The maximum absolute atomic E-state index is 11.9. The van der Waals surface area contributed by atoms with E-state index in [9.17, 15) is 9.59 Å². The van der Waals surface area contributed by atoms with Gasteiger partial charge in [0.1, 0.15) is 11.3 Å². The molecular formula is C18H17N3O3. The summed E-state index contributed by atoms with van der Waals surface area (Å²) in [5.74, 6) is 0.216. The minimum absolute atomic E-state index is 0.343. The lowest BCUT2D eigenvalue weighted by molar-refractivity contribution is 0.0589. The molecule has 1 fully saturated rings. The molecule has 0 aliphatic heterocycles. The van der Waals surface area contributed by atoms with Gasteiger partial charge in [0.25, 0.3) is 0 Å². The van der Waals surface area contributed by atoms with Gasteiger partial charge in [-0.05, 0) is 36.5 Å². The number of ether oxygens (including phenoxy) is 1. The Bertz CT molecular complexity index is 934. The third kappa shape index (κ3) is 2.60. The van der Waals surface area contributed by atoms with Crippen molar-refractivity contribution < 1.29 is 14.3 Å². The first-order valence-electron chi connectivity index (χ1n) is 7.89. The molecule has 1 aliphatic carbocycles. The fraction of sp³-hybridized carbons (Fsp3) is 0.278. The molecule has 0 amide bonds. The lowest BCUT2D eigenvalue weighted by Gasteiger charge is -2.05. The minimum Gasteiger partial charge on any atom is -0.464 e. The minimum atomic E-state index is -0.470. The van der Waals surface area contributed by atoms with E-state index in [4.69, 9.17) is 4.74 Å². The van der Waals surface area contributed by atoms with E-state index in [0.717, 1.165) is 11.3 Å². The SMILES string of the molecule is COC(=O)c1cc(C=O)cn1Cc1cn2cc(C3CC3)ccc2n1. The average molecular weight is 323 g/mol. The molecule has 0 N–H and O–H groups in total. The molecule has 3 aromatic heterocycles. The molecule has 122 valence electrons. The first kappa shape index (κ1) is 14.7. The van der Waals surface area contributed by atoms with Crippen LogP contribution in [-0.4, -0.2) is 33.3 Å². The van der Waals surface area contributed by atoms with Gasteiger partial charge in [0.15, 0.2) is 6.29 Å². The molecule has 6 nitrogen and oxygen atoms in total. The van der Waals surface area contributed by atoms with Gasteiger partial charge in [-0.25, -0.2) is 9.78 Å². The number of rotatable bonds is 5. The predicted molar refractivity (Wildman–Crippen MR) is 87.4 cm³/mol. The van der Waals surface area contributed by atoms with E-state index in [1.54, 1.807) is 10.8 Å². The zero-order chi connectivity index (χ0) is 16.7. The van der Waals surface area contributed by atoms with Crippen molar-refractivity contribution in [3.05, 3.63) is 59.3 Å². The Morgan fingerprint density at radius 2 is 2.17 bits per heavy atom. The molecule has 1 saturated carbocycles. The second-order valence-electron chi connectivity index (χ2n) is 6.13. The lowest BCUT2D eigenvalue weighted by atomic mass is 10.2.